The van der Waals surface area contributed by atoms with Crippen molar-refractivity contribution in [3.8, 4) is 0 Å². The fourth-order valence-electron chi connectivity index (χ4n) is 1.66. The molecule has 0 aliphatic carbocycles. The number of nitrogens with one attached hydrogen (secondary N) is 1. The van der Waals surface area contributed by atoms with E-state index in [1.807, 2.05) is 0 Å². The predicted octanol–water partition coefficient (Wildman–Crippen LogP) is -1.15. The number of urea groups is 1. The van der Waals surface area contributed by atoms with E-state index in [-0.39, 0.29) is 18.0 Å². The maximum atomic E-state index is 11.4. The van der Waals surface area contributed by atoms with Crippen molar-refractivity contribution in [2.45, 2.75) is 6.04 Å². The van der Waals surface area contributed by atoms with Crippen LogP contribution in [0.25, 0.3) is 0 Å². The molecule has 0 aromatic rings. The van der Waals surface area contributed by atoms with Gasteiger partial charge in [0.25, 0.3) is 5.91 Å². The second-order valence-corrected chi connectivity index (χ2v) is 3.09. The normalized spacial score (nSPS) is 29.6. The van der Waals surface area contributed by atoms with Gasteiger partial charge in [0.05, 0.1) is 0 Å². The van der Waals surface area contributed by atoms with Gasteiger partial charge in [0.1, 0.15) is 6.04 Å². The van der Waals surface area contributed by atoms with Crippen molar-refractivity contribution < 1.29 is 9.59 Å². The summed E-state index contributed by atoms with van der Waals surface area (Å²) in [5, 5.41) is 3.09. The number of imide groups is 1. The molecule has 2 saturated heterocycles. The number of carbonyl (C=O) groups is 2. The Morgan fingerprint density at radius 2 is 2.25 bits per heavy atom. The topological polar surface area (TPSA) is 52.7 Å². The number of nitrogens with zero attached hydrogens (tertiary/aromatic N) is 2. The first-order valence-electron chi connectivity index (χ1n) is 4.00. The van der Waals surface area contributed by atoms with Crippen molar-refractivity contribution in [2.75, 3.05) is 26.7 Å². The van der Waals surface area contributed by atoms with Crippen LogP contribution in [0, 0.1) is 0 Å². The lowest BCUT2D eigenvalue weighted by molar-refractivity contribution is -0.127. The summed E-state index contributed by atoms with van der Waals surface area (Å²) in [5.74, 6) is -0.0906. The minimum Gasteiger partial charge on any atom is -0.312 e. The summed E-state index contributed by atoms with van der Waals surface area (Å²) in [6, 6.07) is -0.414. The average Bonchev–Trinajstić information content (AvgIpc) is 2.33. The molecule has 0 saturated carbocycles. The number of fused-ring (bicyclic) bond motifs is 1. The SMILES string of the molecule is CN1C(=O)[C@@H]2CNCCN2C1=O. The Bertz CT molecular complexity index is 217. The maximum Gasteiger partial charge on any atom is 0.327 e. The largest absolute Gasteiger partial charge is 0.327 e. The zero-order chi connectivity index (χ0) is 8.72. The lowest BCUT2D eigenvalue weighted by Gasteiger charge is -2.26. The van der Waals surface area contributed by atoms with E-state index in [9.17, 15) is 9.59 Å². The highest BCUT2D eigenvalue weighted by Crippen LogP contribution is 2.16. The van der Waals surface area contributed by atoms with Gasteiger partial charge in [-0.2, -0.15) is 0 Å². The van der Waals surface area contributed by atoms with E-state index < -0.39 is 0 Å². The van der Waals surface area contributed by atoms with E-state index in [1.165, 1.54) is 11.9 Å². The molecule has 2 rings (SSSR count). The minimum absolute atomic E-state index is 0.0906. The molecular weight excluding hydrogens is 158 g/mol. The molecule has 66 valence electrons. The number of hydrogen-bond donors (Lipinski definition) is 1. The minimum atomic E-state index is -0.253. The maximum absolute atomic E-state index is 11.4. The Labute approximate surface area is 70.3 Å². The molecule has 5 nitrogen and oxygen atoms in total. The molecule has 0 unspecified atom stereocenters. The Morgan fingerprint density at radius 3 is 2.92 bits per heavy atom. The van der Waals surface area contributed by atoms with Crippen molar-refractivity contribution in [1.29, 1.82) is 0 Å². The Kier molecular flexibility index (Phi) is 1.54. The monoisotopic (exact) mass is 169 g/mol. The summed E-state index contributed by atoms with van der Waals surface area (Å²) in [4.78, 5) is 25.5. The van der Waals surface area contributed by atoms with Crippen molar-refractivity contribution in [3.05, 3.63) is 0 Å². The summed E-state index contributed by atoms with van der Waals surface area (Å²) < 4.78 is 0. The third-order valence-corrected chi connectivity index (χ3v) is 2.39. The number of rotatable bonds is 0. The first kappa shape index (κ1) is 7.54. The number of amides is 3. The van der Waals surface area contributed by atoms with Crippen LogP contribution >= 0.6 is 0 Å². The molecular formula is C7H11N3O2. The van der Waals surface area contributed by atoms with Gasteiger partial charge < -0.3 is 10.2 Å². The molecule has 2 heterocycles. The van der Waals surface area contributed by atoms with Crippen LogP contribution in [0.4, 0.5) is 4.79 Å². The average molecular weight is 169 g/mol. The molecule has 0 radical (unpaired) electrons. The van der Waals surface area contributed by atoms with Gasteiger partial charge in [-0.25, -0.2) is 4.79 Å². The molecule has 5 heteroatoms. The molecule has 1 N–H and O–H groups in total. The zero-order valence-corrected chi connectivity index (χ0v) is 6.91. The van der Waals surface area contributed by atoms with Crippen LogP contribution in [0.3, 0.4) is 0 Å². The second kappa shape index (κ2) is 2.45. The number of hydrogen-bond acceptors (Lipinski definition) is 3. The molecule has 3 amide bonds. The Balaban J connectivity index is 2.25. The molecule has 12 heavy (non-hydrogen) atoms. The molecule has 1 atom stereocenters. The van der Waals surface area contributed by atoms with Gasteiger partial charge in [0, 0.05) is 26.7 Å². The summed E-state index contributed by atoms with van der Waals surface area (Å²) in [6.07, 6.45) is 0. The third kappa shape index (κ3) is 0.828. The summed E-state index contributed by atoms with van der Waals surface area (Å²) in [6.45, 7) is 2.01. The van der Waals surface area contributed by atoms with Crippen LogP contribution in [0.5, 0.6) is 0 Å². The van der Waals surface area contributed by atoms with Gasteiger partial charge >= 0.3 is 6.03 Å². The Morgan fingerprint density at radius 1 is 1.50 bits per heavy atom. The summed E-state index contributed by atoms with van der Waals surface area (Å²) in [5.41, 5.74) is 0. The van der Waals surface area contributed by atoms with Crippen LogP contribution < -0.4 is 5.32 Å². The van der Waals surface area contributed by atoms with Crippen LogP contribution in [0.2, 0.25) is 0 Å². The van der Waals surface area contributed by atoms with Crippen molar-refractivity contribution in [2.24, 2.45) is 0 Å². The van der Waals surface area contributed by atoms with E-state index in [1.54, 1.807) is 4.90 Å². The van der Waals surface area contributed by atoms with E-state index in [0.29, 0.717) is 13.1 Å². The number of carbonyl (C=O) groups excluding carboxylic acids is 2. The Hall–Kier alpha value is -1.10. The van der Waals surface area contributed by atoms with E-state index in [2.05, 4.69) is 5.32 Å². The van der Waals surface area contributed by atoms with Crippen molar-refractivity contribution in [1.82, 2.24) is 15.1 Å². The quantitative estimate of drug-likeness (QED) is 0.466. The highest BCUT2D eigenvalue weighted by Gasteiger charge is 2.43. The highest BCUT2D eigenvalue weighted by molar-refractivity contribution is 6.04. The number of likely N-dealkylation sites (N-methyl/N-ethyl adjacent to an activating group) is 1. The lowest BCUT2D eigenvalue weighted by atomic mass is 10.2. The van der Waals surface area contributed by atoms with Crippen molar-refractivity contribution in [3.63, 3.8) is 0 Å². The first-order valence-corrected chi connectivity index (χ1v) is 4.00. The second-order valence-electron chi connectivity index (χ2n) is 3.09. The molecule has 0 aromatic carbocycles. The standard InChI is InChI=1S/C7H11N3O2/c1-9-6(11)5-4-8-2-3-10(5)7(9)12/h5,8H,2-4H2,1H3/t5-/m0/s1. The molecule has 2 aliphatic rings. The molecule has 0 spiro atoms. The molecule has 2 fully saturated rings. The van der Waals surface area contributed by atoms with E-state index >= 15 is 0 Å². The molecule has 0 bridgehead atoms. The lowest BCUT2D eigenvalue weighted by Crippen LogP contribution is -2.51. The van der Waals surface area contributed by atoms with Gasteiger partial charge in [-0.3, -0.25) is 9.69 Å². The van der Waals surface area contributed by atoms with Crippen molar-refractivity contribution >= 4 is 11.9 Å². The molecule has 0 aromatic heterocycles. The van der Waals surface area contributed by atoms with Crippen LogP contribution in [0.15, 0.2) is 0 Å². The highest BCUT2D eigenvalue weighted by atomic mass is 16.2. The smallest absolute Gasteiger partial charge is 0.312 e. The van der Waals surface area contributed by atoms with Gasteiger partial charge in [0.15, 0.2) is 0 Å². The van der Waals surface area contributed by atoms with Gasteiger partial charge in [-0.1, -0.05) is 0 Å². The molecule has 2 aliphatic heterocycles. The summed E-state index contributed by atoms with van der Waals surface area (Å²) in [7, 11) is 1.53. The third-order valence-electron chi connectivity index (χ3n) is 2.39. The van der Waals surface area contributed by atoms with Gasteiger partial charge in [-0.05, 0) is 0 Å². The van der Waals surface area contributed by atoms with Gasteiger partial charge in [0.2, 0.25) is 0 Å². The van der Waals surface area contributed by atoms with Crippen LogP contribution in [0.1, 0.15) is 0 Å². The first-order chi connectivity index (χ1) is 5.72. The zero-order valence-electron chi connectivity index (χ0n) is 6.91. The fourth-order valence-corrected chi connectivity index (χ4v) is 1.66. The number of piperazine rings is 1. The fraction of sp³-hybridized carbons (Fsp3) is 0.714. The summed E-state index contributed by atoms with van der Waals surface area (Å²) >= 11 is 0. The van der Waals surface area contributed by atoms with Crippen LogP contribution in [-0.2, 0) is 4.79 Å². The van der Waals surface area contributed by atoms with Gasteiger partial charge in [-0.15, -0.1) is 0 Å². The van der Waals surface area contributed by atoms with E-state index in [4.69, 9.17) is 0 Å². The van der Waals surface area contributed by atoms with Crippen LogP contribution in [-0.4, -0.2) is 54.5 Å². The predicted molar refractivity (Wildman–Crippen MR) is 41.5 cm³/mol. The van der Waals surface area contributed by atoms with E-state index in [0.717, 1.165) is 6.54 Å².